The first-order valence-electron chi connectivity index (χ1n) is 9.22. The molecule has 0 N–H and O–H groups in total. The number of methoxy groups -OCH3 is 1. The van der Waals surface area contributed by atoms with Crippen molar-refractivity contribution in [2.45, 2.75) is 6.10 Å². The van der Waals surface area contributed by atoms with Gasteiger partial charge in [0, 0.05) is 38.0 Å². The molecule has 1 fully saturated rings. The summed E-state index contributed by atoms with van der Waals surface area (Å²) >= 11 is 0. The van der Waals surface area contributed by atoms with Gasteiger partial charge in [-0.15, -0.1) is 0 Å². The zero-order valence-corrected chi connectivity index (χ0v) is 16.4. The maximum atomic E-state index is 14.5. The second-order valence-corrected chi connectivity index (χ2v) is 6.74. The highest BCUT2D eigenvalue weighted by atomic mass is 19.1. The third-order valence-electron chi connectivity index (χ3n) is 4.90. The van der Waals surface area contributed by atoms with Crippen LogP contribution in [0.25, 0.3) is 11.4 Å². The lowest BCUT2D eigenvalue weighted by Crippen LogP contribution is -2.42. The van der Waals surface area contributed by atoms with Crippen LogP contribution in [0.3, 0.4) is 0 Å². The molecule has 1 aliphatic rings. The molecule has 2 aromatic heterocycles. The lowest BCUT2D eigenvalue weighted by Gasteiger charge is -2.35. The van der Waals surface area contributed by atoms with Gasteiger partial charge >= 0.3 is 0 Å². The Kier molecular flexibility index (Phi) is 5.40. The predicted molar refractivity (Wildman–Crippen MR) is 104 cm³/mol. The van der Waals surface area contributed by atoms with E-state index in [0.29, 0.717) is 23.9 Å². The first-order valence-corrected chi connectivity index (χ1v) is 9.22. The Morgan fingerprint density at radius 3 is 2.80 bits per heavy atom. The third-order valence-corrected chi connectivity index (χ3v) is 4.90. The summed E-state index contributed by atoms with van der Waals surface area (Å²) in [4.78, 5) is 27.0. The van der Waals surface area contributed by atoms with Crippen molar-refractivity contribution in [3.63, 3.8) is 0 Å². The van der Waals surface area contributed by atoms with Crippen LogP contribution in [-0.4, -0.2) is 46.3 Å². The fraction of sp³-hybridized carbons (Fsp3) is 0.300. The molecule has 0 bridgehead atoms. The molecule has 10 heteroatoms. The Labute approximate surface area is 170 Å². The summed E-state index contributed by atoms with van der Waals surface area (Å²) in [5.74, 6) is -1.03. The average molecular weight is 415 g/mol. The monoisotopic (exact) mass is 415 g/mol. The quantitative estimate of drug-likeness (QED) is 0.645. The van der Waals surface area contributed by atoms with Crippen molar-refractivity contribution in [1.82, 2.24) is 19.5 Å². The number of halogens is 2. The fourth-order valence-corrected chi connectivity index (χ4v) is 3.43. The van der Waals surface area contributed by atoms with E-state index >= 15 is 0 Å². The van der Waals surface area contributed by atoms with Crippen LogP contribution in [0, 0.1) is 11.6 Å². The van der Waals surface area contributed by atoms with Crippen molar-refractivity contribution < 1.29 is 18.3 Å². The van der Waals surface area contributed by atoms with Crippen LogP contribution in [0.5, 0.6) is 5.75 Å². The van der Waals surface area contributed by atoms with E-state index in [1.54, 1.807) is 19.3 Å². The second-order valence-electron chi connectivity index (χ2n) is 6.74. The zero-order valence-electron chi connectivity index (χ0n) is 16.4. The summed E-state index contributed by atoms with van der Waals surface area (Å²) in [7, 11) is 2.95. The van der Waals surface area contributed by atoms with Gasteiger partial charge in [-0.05, 0) is 6.07 Å². The second kappa shape index (κ2) is 8.15. The van der Waals surface area contributed by atoms with Crippen LogP contribution in [0.4, 0.5) is 14.7 Å². The summed E-state index contributed by atoms with van der Waals surface area (Å²) in [5, 5.41) is 0. The normalized spacial score (nSPS) is 16.5. The Morgan fingerprint density at radius 1 is 1.23 bits per heavy atom. The molecule has 0 aliphatic carbocycles. The Hall–Kier alpha value is -3.40. The fourth-order valence-electron chi connectivity index (χ4n) is 3.43. The van der Waals surface area contributed by atoms with Crippen LogP contribution in [0.2, 0.25) is 0 Å². The van der Waals surface area contributed by atoms with Gasteiger partial charge in [-0.3, -0.25) is 9.36 Å². The minimum atomic E-state index is -0.754. The molecular weight excluding hydrogens is 396 g/mol. The highest BCUT2D eigenvalue weighted by Crippen LogP contribution is 2.34. The van der Waals surface area contributed by atoms with Gasteiger partial charge in [-0.1, -0.05) is 0 Å². The number of morpholine rings is 1. The molecule has 156 valence electrons. The van der Waals surface area contributed by atoms with Crippen molar-refractivity contribution in [2.24, 2.45) is 7.05 Å². The SMILES string of the molecule is COc1cc(F)cc(F)c1C1CN(c2nc(-c3ccncn3)cc(=O)n2C)CCO1. The summed E-state index contributed by atoms with van der Waals surface area (Å²) in [6.45, 7) is 0.903. The first-order chi connectivity index (χ1) is 14.5. The van der Waals surface area contributed by atoms with Gasteiger partial charge in [0.1, 0.15) is 29.8 Å². The molecule has 0 saturated carbocycles. The molecular formula is C20H19F2N5O3. The maximum Gasteiger partial charge on any atom is 0.255 e. The van der Waals surface area contributed by atoms with Gasteiger partial charge in [0.2, 0.25) is 5.95 Å². The third kappa shape index (κ3) is 3.73. The summed E-state index contributed by atoms with van der Waals surface area (Å²) in [6, 6.07) is 4.97. The predicted octanol–water partition coefficient (Wildman–Crippen LogP) is 2.10. The van der Waals surface area contributed by atoms with Crippen molar-refractivity contribution in [3.05, 3.63) is 64.3 Å². The van der Waals surface area contributed by atoms with Crippen LogP contribution in [-0.2, 0) is 11.8 Å². The smallest absolute Gasteiger partial charge is 0.255 e. The molecule has 1 aromatic carbocycles. The summed E-state index contributed by atoms with van der Waals surface area (Å²) in [5.41, 5.74) is 0.784. The highest BCUT2D eigenvalue weighted by Gasteiger charge is 2.30. The average Bonchev–Trinajstić information content (AvgIpc) is 2.75. The number of nitrogens with zero attached hydrogens (tertiary/aromatic N) is 5. The molecule has 0 amide bonds. The molecule has 3 aromatic rings. The zero-order chi connectivity index (χ0) is 21.3. The minimum absolute atomic E-state index is 0.0657. The van der Waals surface area contributed by atoms with Crippen LogP contribution >= 0.6 is 0 Å². The number of aromatic nitrogens is 4. The maximum absolute atomic E-state index is 14.5. The van der Waals surface area contributed by atoms with Crippen LogP contribution in [0.1, 0.15) is 11.7 Å². The number of benzene rings is 1. The Balaban J connectivity index is 1.71. The number of anilines is 1. The minimum Gasteiger partial charge on any atom is -0.496 e. The topological polar surface area (TPSA) is 82.4 Å². The van der Waals surface area contributed by atoms with Crippen molar-refractivity contribution in [2.75, 3.05) is 31.7 Å². The molecule has 30 heavy (non-hydrogen) atoms. The van der Waals surface area contributed by atoms with Gasteiger partial charge < -0.3 is 14.4 Å². The summed E-state index contributed by atoms with van der Waals surface area (Å²) in [6.07, 6.45) is 2.21. The molecule has 1 atom stereocenters. The molecule has 8 nitrogen and oxygen atoms in total. The highest BCUT2D eigenvalue weighted by molar-refractivity contribution is 5.55. The number of ether oxygens (including phenoxy) is 2. The number of hydrogen-bond donors (Lipinski definition) is 0. The van der Waals surface area contributed by atoms with Gasteiger partial charge in [0.25, 0.3) is 5.56 Å². The van der Waals surface area contributed by atoms with E-state index in [4.69, 9.17) is 9.47 Å². The van der Waals surface area contributed by atoms with Crippen molar-refractivity contribution >= 4 is 5.95 Å². The standard InChI is InChI=1S/C20H19F2N5O3/c1-26-18(28)9-15(14-3-4-23-11-24-14)25-20(26)27-5-6-30-17(10-27)19-13(22)7-12(21)8-16(19)29-2/h3-4,7-9,11,17H,5-6,10H2,1-2H3. The van der Waals surface area contributed by atoms with Gasteiger partial charge in [-0.25, -0.2) is 23.7 Å². The van der Waals surface area contributed by atoms with Gasteiger partial charge in [-0.2, -0.15) is 0 Å². The van der Waals surface area contributed by atoms with E-state index < -0.39 is 17.7 Å². The van der Waals surface area contributed by atoms with Gasteiger partial charge in [0.15, 0.2) is 0 Å². The lowest BCUT2D eigenvalue weighted by atomic mass is 10.1. The summed E-state index contributed by atoms with van der Waals surface area (Å²) < 4.78 is 40.4. The van der Waals surface area contributed by atoms with E-state index in [0.717, 1.165) is 12.1 Å². The molecule has 1 unspecified atom stereocenters. The van der Waals surface area contributed by atoms with Crippen LogP contribution in [0.15, 0.2) is 41.6 Å². The molecule has 0 spiro atoms. The molecule has 3 heterocycles. The molecule has 0 radical (unpaired) electrons. The molecule has 1 saturated heterocycles. The van der Waals surface area contributed by atoms with Crippen molar-refractivity contribution in [3.8, 4) is 17.1 Å². The Morgan fingerprint density at radius 2 is 2.07 bits per heavy atom. The van der Waals surface area contributed by atoms with E-state index in [2.05, 4.69) is 15.0 Å². The van der Waals surface area contributed by atoms with Gasteiger partial charge in [0.05, 0.1) is 37.2 Å². The lowest BCUT2D eigenvalue weighted by molar-refractivity contribution is 0.0350. The van der Waals surface area contributed by atoms with E-state index in [-0.39, 0.29) is 30.0 Å². The number of rotatable bonds is 4. The van der Waals surface area contributed by atoms with E-state index in [1.165, 1.54) is 24.1 Å². The molecule has 1 aliphatic heterocycles. The van der Waals surface area contributed by atoms with Crippen LogP contribution < -0.4 is 15.2 Å². The van der Waals surface area contributed by atoms with E-state index in [1.807, 2.05) is 4.90 Å². The van der Waals surface area contributed by atoms with Crippen molar-refractivity contribution in [1.29, 1.82) is 0 Å². The number of hydrogen-bond acceptors (Lipinski definition) is 7. The molecule has 4 rings (SSSR count). The Bertz CT molecular complexity index is 1120. The first kappa shape index (κ1) is 19.9. The largest absolute Gasteiger partial charge is 0.496 e. The van der Waals surface area contributed by atoms with E-state index in [9.17, 15) is 13.6 Å².